The van der Waals surface area contributed by atoms with Gasteiger partial charge >= 0.3 is 0 Å². The topological polar surface area (TPSA) is 9.23 Å². The molecule has 0 N–H and O–H groups in total. The summed E-state index contributed by atoms with van der Waals surface area (Å²) in [7, 11) is 1.75. The minimum absolute atomic E-state index is 0.400. The summed E-state index contributed by atoms with van der Waals surface area (Å²) in [6.07, 6.45) is 6.10. The Labute approximate surface area is 117 Å². The Morgan fingerprint density at radius 2 is 2.05 bits per heavy atom. The standard InChI is InChI=1S/C18H26O/c1-14-8-7-13-18(2,3)16(14)12-11-15-9-5-6-10-17(15)19-4/h5-6,9-10,16H,1,7-8,11-13H2,2-4H3. The van der Waals surface area contributed by atoms with E-state index in [4.69, 9.17) is 4.74 Å². The molecule has 1 aliphatic rings. The van der Waals surface area contributed by atoms with Gasteiger partial charge in [0, 0.05) is 0 Å². The van der Waals surface area contributed by atoms with Gasteiger partial charge in [-0.1, -0.05) is 44.2 Å². The highest BCUT2D eigenvalue weighted by molar-refractivity contribution is 5.33. The average Bonchev–Trinajstić information content (AvgIpc) is 2.38. The van der Waals surface area contributed by atoms with Crippen LogP contribution in [0.2, 0.25) is 0 Å². The normalized spacial score (nSPS) is 22.3. The molecule has 2 rings (SSSR count). The molecule has 1 heteroatoms. The highest BCUT2D eigenvalue weighted by Crippen LogP contribution is 2.45. The molecule has 0 amide bonds. The van der Waals surface area contributed by atoms with Gasteiger partial charge in [-0.2, -0.15) is 0 Å². The number of allylic oxidation sites excluding steroid dienone is 1. The van der Waals surface area contributed by atoms with Crippen molar-refractivity contribution in [1.82, 2.24) is 0 Å². The maximum absolute atomic E-state index is 5.44. The molecule has 0 aromatic heterocycles. The monoisotopic (exact) mass is 258 g/mol. The molecule has 104 valence electrons. The van der Waals surface area contributed by atoms with E-state index in [1.54, 1.807) is 7.11 Å². The van der Waals surface area contributed by atoms with Gasteiger partial charge in [0.25, 0.3) is 0 Å². The second-order valence-corrected chi connectivity index (χ2v) is 6.40. The summed E-state index contributed by atoms with van der Waals surface area (Å²) in [4.78, 5) is 0. The molecule has 1 unspecified atom stereocenters. The third-order valence-electron chi connectivity index (χ3n) is 4.65. The molecule has 0 spiro atoms. The van der Waals surface area contributed by atoms with Crippen molar-refractivity contribution in [2.75, 3.05) is 7.11 Å². The van der Waals surface area contributed by atoms with Gasteiger partial charge in [-0.05, 0) is 55.1 Å². The molecule has 1 saturated carbocycles. The molecule has 19 heavy (non-hydrogen) atoms. The number of benzene rings is 1. The number of methoxy groups -OCH3 is 1. The maximum atomic E-state index is 5.44. The van der Waals surface area contributed by atoms with Gasteiger partial charge in [0.2, 0.25) is 0 Å². The van der Waals surface area contributed by atoms with Gasteiger partial charge in [0.05, 0.1) is 7.11 Å². The van der Waals surface area contributed by atoms with E-state index in [-0.39, 0.29) is 0 Å². The van der Waals surface area contributed by atoms with Crippen LogP contribution in [0.15, 0.2) is 36.4 Å². The highest BCUT2D eigenvalue weighted by Gasteiger charge is 2.34. The Balaban J connectivity index is 2.06. The second-order valence-electron chi connectivity index (χ2n) is 6.40. The molecule has 0 aliphatic heterocycles. The Hall–Kier alpha value is -1.24. The summed E-state index contributed by atoms with van der Waals surface area (Å²) in [6.45, 7) is 9.10. The van der Waals surface area contributed by atoms with Crippen LogP contribution in [-0.4, -0.2) is 7.11 Å². The van der Waals surface area contributed by atoms with Gasteiger partial charge in [0.15, 0.2) is 0 Å². The molecule has 1 nitrogen and oxygen atoms in total. The van der Waals surface area contributed by atoms with Crippen LogP contribution in [-0.2, 0) is 6.42 Å². The number of rotatable bonds is 4. The predicted octanol–water partition coefficient (Wildman–Crippen LogP) is 5.01. The van der Waals surface area contributed by atoms with E-state index >= 15 is 0 Å². The lowest BCUT2D eigenvalue weighted by Crippen LogP contribution is -2.29. The molecular weight excluding hydrogens is 232 g/mol. The number of aryl methyl sites for hydroxylation is 1. The van der Waals surface area contributed by atoms with Crippen molar-refractivity contribution in [3.63, 3.8) is 0 Å². The van der Waals surface area contributed by atoms with Crippen molar-refractivity contribution in [2.24, 2.45) is 11.3 Å². The second kappa shape index (κ2) is 5.81. The number of para-hydroxylation sites is 1. The first kappa shape index (κ1) is 14.2. The molecule has 1 fully saturated rings. The lowest BCUT2D eigenvalue weighted by Gasteiger charge is -2.40. The van der Waals surface area contributed by atoms with Crippen molar-refractivity contribution in [1.29, 1.82) is 0 Å². The highest BCUT2D eigenvalue weighted by atomic mass is 16.5. The zero-order chi connectivity index (χ0) is 13.9. The van der Waals surface area contributed by atoms with Crippen LogP contribution >= 0.6 is 0 Å². The van der Waals surface area contributed by atoms with Gasteiger partial charge in [-0.3, -0.25) is 0 Å². The smallest absolute Gasteiger partial charge is 0.122 e. The van der Waals surface area contributed by atoms with E-state index in [2.05, 4.69) is 38.6 Å². The van der Waals surface area contributed by atoms with Crippen molar-refractivity contribution < 1.29 is 4.74 Å². The van der Waals surface area contributed by atoms with Gasteiger partial charge in [-0.25, -0.2) is 0 Å². The van der Waals surface area contributed by atoms with Crippen LogP contribution in [0, 0.1) is 11.3 Å². The fraction of sp³-hybridized carbons (Fsp3) is 0.556. The Morgan fingerprint density at radius 1 is 1.32 bits per heavy atom. The molecule has 1 aromatic rings. The van der Waals surface area contributed by atoms with Gasteiger partial charge in [-0.15, -0.1) is 0 Å². The summed E-state index contributed by atoms with van der Waals surface area (Å²) in [5, 5.41) is 0. The largest absolute Gasteiger partial charge is 0.496 e. The quantitative estimate of drug-likeness (QED) is 0.690. The van der Waals surface area contributed by atoms with E-state index in [0.717, 1.165) is 12.2 Å². The molecule has 1 aromatic carbocycles. The zero-order valence-corrected chi connectivity index (χ0v) is 12.5. The zero-order valence-electron chi connectivity index (χ0n) is 12.5. The number of hydrogen-bond donors (Lipinski definition) is 0. The van der Waals surface area contributed by atoms with Gasteiger partial charge in [0.1, 0.15) is 5.75 Å². The summed E-state index contributed by atoms with van der Waals surface area (Å²) in [6, 6.07) is 8.36. The van der Waals surface area contributed by atoms with Crippen LogP contribution < -0.4 is 4.74 Å². The third kappa shape index (κ3) is 3.20. The third-order valence-corrected chi connectivity index (χ3v) is 4.65. The molecule has 1 aliphatic carbocycles. The van der Waals surface area contributed by atoms with Crippen molar-refractivity contribution >= 4 is 0 Å². The summed E-state index contributed by atoms with van der Waals surface area (Å²) < 4.78 is 5.44. The van der Waals surface area contributed by atoms with E-state index in [0.29, 0.717) is 11.3 Å². The van der Waals surface area contributed by atoms with Crippen LogP contribution in [0.5, 0.6) is 5.75 Å². The Morgan fingerprint density at radius 3 is 2.74 bits per heavy atom. The molecule has 0 bridgehead atoms. The number of hydrogen-bond acceptors (Lipinski definition) is 1. The first-order chi connectivity index (χ1) is 9.04. The SMILES string of the molecule is C=C1CCCC(C)(C)C1CCc1ccccc1OC. The van der Waals surface area contributed by atoms with E-state index in [1.165, 1.54) is 36.8 Å². The summed E-state index contributed by atoms with van der Waals surface area (Å²) >= 11 is 0. The number of ether oxygens (including phenoxy) is 1. The summed E-state index contributed by atoms with van der Waals surface area (Å²) in [5.74, 6) is 1.66. The molecule has 0 saturated heterocycles. The predicted molar refractivity (Wildman–Crippen MR) is 81.6 cm³/mol. The van der Waals surface area contributed by atoms with Crippen LogP contribution in [0.25, 0.3) is 0 Å². The van der Waals surface area contributed by atoms with E-state index < -0.39 is 0 Å². The Kier molecular flexibility index (Phi) is 4.34. The Bertz CT molecular complexity index is 445. The molecule has 1 atom stereocenters. The molecule has 0 radical (unpaired) electrons. The fourth-order valence-corrected chi connectivity index (χ4v) is 3.48. The lowest BCUT2D eigenvalue weighted by molar-refractivity contribution is 0.180. The van der Waals surface area contributed by atoms with E-state index in [1.807, 2.05) is 6.07 Å². The van der Waals surface area contributed by atoms with Crippen LogP contribution in [0.4, 0.5) is 0 Å². The average molecular weight is 258 g/mol. The molecule has 0 heterocycles. The first-order valence-corrected chi connectivity index (χ1v) is 7.34. The molecular formula is C18H26O. The van der Waals surface area contributed by atoms with Crippen molar-refractivity contribution in [3.05, 3.63) is 42.0 Å². The maximum Gasteiger partial charge on any atom is 0.122 e. The minimum Gasteiger partial charge on any atom is -0.496 e. The van der Waals surface area contributed by atoms with Gasteiger partial charge < -0.3 is 4.74 Å². The minimum atomic E-state index is 0.400. The lowest BCUT2D eigenvalue weighted by atomic mass is 9.65. The van der Waals surface area contributed by atoms with Crippen LogP contribution in [0.1, 0.15) is 45.1 Å². The van der Waals surface area contributed by atoms with Crippen molar-refractivity contribution in [3.8, 4) is 5.75 Å². The summed E-state index contributed by atoms with van der Waals surface area (Å²) in [5.41, 5.74) is 3.17. The first-order valence-electron chi connectivity index (χ1n) is 7.34. The fourth-order valence-electron chi connectivity index (χ4n) is 3.48. The van der Waals surface area contributed by atoms with E-state index in [9.17, 15) is 0 Å². The van der Waals surface area contributed by atoms with Crippen molar-refractivity contribution in [2.45, 2.75) is 46.0 Å². The van der Waals surface area contributed by atoms with Crippen LogP contribution in [0.3, 0.4) is 0 Å².